The molecule has 1 rings (SSSR count). The average Bonchev–Trinajstić information content (AvgIpc) is 2.44. The van der Waals surface area contributed by atoms with Crippen LogP contribution >= 0.6 is 15.9 Å². The third-order valence-electron chi connectivity index (χ3n) is 3.16. The number of rotatable bonds is 7. The number of nitrogens with one attached hydrogen (secondary N) is 2. The van der Waals surface area contributed by atoms with Gasteiger partial charge in [0.25, 0.3) is 0 Å². The van der Waals surface area contributed by atoms with Crippen LogP contribution < -0.4 is 15.4 Å². The lowest BCUT2D eigenvalue weighted by Gasteiger charge is -2.23. The van der Waals surface area contributed by atoms with Gasteiger partial charge in [-0.3, -0.25) is 0 Å². The van der Waals surface area contributed by atoms with Crippen molar-refractivity contribution in [1.82, 2.24) is 10.6 Å². The first kappa shape index (κ1) is 19.8. The molecular formula is C17H27BrN2O3. The van der Waals surface area contributed by atoms with Gasteiger partial charge in [-0.05, 0) is 45.4 Å². The van der Waals surface area contributed by atoms with Crippen LogP contribution in [0, 0.1) is 0 Å². The largest absolute Gasteiger partial charge is 0.496 e. The number of ether oxygens (including phenoxy) is 2. The molecule has 5 nitrogen and oxygen atoms in total. The van der Waals surface area contributed by atoms with Crippen molar-refractivity contribution < 1.29 is 14.3 Å². The highest BCUT2D eigenvalue weighted by Gasteiger charge is 2.18. The van der Waals surface area contributed by atoms with Crippen LogP contribution in [0.3, 0.4) is 0 Å². The summed E-state index contributed by atoms with van der Waals surface area (Å²) in [6.45, 7) is 8.91. The molecule has 0 bridgehead atoms. The van der Waals surface area contributed by atoms with Crippen molar-refractivity contribution in [2.24, 2.45) is 0 Å². The van der Waals surface area contributed by atoms with Gasteiger partial charge in [-0.15, -0.1) is 0 Å². The molecule has 6 heteroatoms. The first-order valence-electron chi connectivity index (χ1n) is 7.77. The molecule has 1 unspecified atom stereocenters. The maximum absolute atomic E-state index is 11.8. The minimum Gasteiger partial charge on any atom is -0.496 e. The molecule has 23 heavy (non-hydrogen) atoms. The SMILES string of the molecule is CCC(CNCc1cc(Br)ccc1OC)NC(=O)OC(C)(C)C. The van der Waals surface area contributed by atoms with E-state index in [9.17, 15) is 4.79 Å². The molecule has 0 fully saturated rings. The van der Waals surface area contributed by atoms with Crippen LogP contribution in [-0.4, -0.2) is 31.4 Å². The summed E-state index contributed by atoms with van der Waals surface area (Å²) in [6, 6.07) is 5.91. The summed E-state index contributed by atoms with van der Waals surface area (Å²) < 4.78 is 11.6. The van der Waals surface area contributed by atoms with Gasteiger partial charge in [-0.1, -0.05) is 22.9 Å². The second kappa shape index (κ2) is 9.13. The number of benzene rings is 1. The maximum Gasteiger partial charge on any atom is 0.407 e. The van der Waals surface area contributed by atoms with Gasteiger partial charge in [0.05, 0.1) is 7.11 Å². The zero-order valence-corrected chi connectivity index (χ0v) is 16.1. The fourth-order valence-corrected chi connectivity index (χ4v) is 2.45. The minimum absolute atomic E-state index is 0.0167. The average molecular weight is 387 g/mol. The molecule has 0 aliphatic carbocycles. The molecule has 0 radical (unpaired) electrons. The Hall–Kier alpha value is -1.27. The summed E-state index contributed by atoms with van der Waals surface area (Å²) in [4.78, 5) is 11.8. The topological polar surface area (TPSA) is 59.6 Å². The van der Waals surface area contributed by atoms with E-state index in [2.05, 4.69) is 26.6 Å². The van der Waals surface area contributed by atoms with Crippen LogP contribution in [-0.2, 0) is 11.3 Å². The Morgan fingerprint density at radius 1 is 1.35 bits per heavy atom. The van der Waals surface area contributed by atoms with Gasteiger partial charge in [-0.25, -0.2) is 4.79 Å². The molecule has 1 aromatic rings. The predicted octanol–water partition coefficient (Wildman–Crippen LogP) is 3.85. The smallest absolute Gasteiger partial charge is 0.407 e. The maximum atomic E-state index is 11.8. The Kier molecular flexibility index (Phi) is 7.85. The van der Waals surface area contributed by atoms with E-state index in [-0.39, 0.29) is 12.1 Å². The van der Waals surface area contributed by atoms with Crippen LogP contribution in [0.1, 0.15) is 39.7 Å². The molecule has 0 spiro atoms. The van der Waals surface area contributed by atoms with Crippen LogP contribution in [0.4, 0.5) is 4.79 Å². The number of halogens is 1. The summed E-state index contributed by atoms with van der Waals surface area (Å²) in [6.07, 6.45) is 0.438. The monoisotopic (exact) mass is 386 g/mol. The first-order chi connectivity index (χ1) is 10.7. The van der Waals surface area contributed by atoms with E-state index in [1.807, 2.05) is 45.9 Å². The van der Waals surface area contributed by atoms with Crippen LogP contribution in [0.5, 0.6) is 5.75 Å². The molecule has 0 aliphatic heterocycles. The number of methoxy groups -OCH3 is 1. The molecule has 0 aromatic heterocycles. The molecule has 2 N–H and O–H groups in total. The normalized spacial score (nSPS) is 12.6. The summed E-state index contributed by atoms with van der Waals surface area (Å²) in [5, 5.41) is 6.24. The second-order valence-corrected chi connectivity index (χ2v) is 7.25. The minimum atomic E-state index is -0.487. The molecule has 0 saturated carbocycles. The second-order valence-electron chi connectivity index (χ2n) is 6.34. The van der Waals surface area contributed by atoms with Gasteiger partial charge in [0.15, 0.2) is 0 Å². The Balaban J connectivity index is 2.49. The Labute approximate surface area is 147 Å². The van der Waals surface area contributed by atoms with E-state index in [1.54, 1.807) is 7.11 Å². The Morgan fingerprint density at radius 2 is 2.04 bits per heavy atom. The fourth-order valence-electron chi connectivity index (χ4n) is 2.04. The fraction of sp³-hybridized carbons (Fsp3) is 0.588. The van der Waals surface area contributed by atoms with Crippen molar-refractivity contribution in [1.29, 1.82) is 0 Å². The van der Waals surface area contributed by atoms with E-state index in [0.29, 0.717) is 13.1 Å². The molecule has 1 atom stereocenters. The lowest BCUT2D eigenvalue weighted by molar-refractivity contribution is 0.0502. The van der Waals surface area contributed by atoms with Gasteiger partial charge in [0.2, 0.25) is 0 Å². The van der Waals surface area contributed by atoms with E-state index in [4.69, 9.17) is 9.47 Å². The Bertz CT molecular complexity index is 515. The van der Waals surface area contributed by atoms with E-state index in [1.165, 1.54) is 0 Å². The standard InChI is InChI=1S/C17H27BrN2O3/c1-6-14(20-16(21)23-17(2,3)4)11-19-10-12-9-13(18)7-8-15(12)22-5/h7-9,14,19H,6,10-11H2,1-5H3,(H,20,21). The van der Waals surface area contributed by atoms with Gasteiger partial charge in [0.1, 0.15) is 11.4 Å². The van der Waals surface area contributed by atoms with Gasteiger partial charge >= 0.3 is 6.09 Å². The predicted molar refractivity (Wildman–Crippen MR) is 95.8 cm³/mol. The third-order valence-corrected chi connectivity index (χ3v) is 3.66. The van der Waals surface area contributed by atoms with Crippen molar-refractivity contribution >= 4 is 22.0 Å². The lowest BCUT2D eigenvalue weighted by Crippen LogP contribution is -2.43. The van der Waals surface area contributed by atoms with Crippen molar-refractivity contribution in [3.05, 3.63) is 28.2 Å². The Morgan fingerprint density at radius 3 is 2.61 bits per heavy atom. The number of alkyl carbamates (subject to hydrolysis) is 1. The molecule has 1 aromatic carbocycles. The molecule has 1 amide bonds. The third kappa shape index (κ3) is 7.70. The molecule has 0 heterocycles. The van der Waals surface area contributed by atoms with Crippen molar-refractivity contribution in [2.45, 2.75) is 52.3 Å². The number of hydrogen-bond donors (Lipinski definition) is 2. The van der Waals surface area contributed by atoms with E-state index in [0.717, 1.165) is 22.2 Å². The summed E-state index contributed by atoms with van der Waals surface area (Å²) in [5.74, 6) is 0.842. The van der Waals surface area contributed by atoms with Crippen molar-refractivity contribution in [3.63, 3.8) is 0 Å². The summed E-state index contributed by atoms with van der Waals surface area (Å²) in [5.41, 5.74) is 0.577. The lowest BCUT2D eigenvalue weighted by atomic mass is 10.2. The molecular weight excluding hydrogens is 360 g/mol. The van der Waals surface area contributed by atoms with Crippen LogP contribution in [0.2, 0.25) is 0 Å². The number of carbonyl (C=O) groups excluding carboxylic acids is 1. The van der Waals surface area contributed by atoms with Crippen LogP contribution in [0.25, 0.3) is 0 Å². The molecule has 0 aliphatic rings. The van der Waals surface area contributed by atoms with E-state index < -0.39 is 5.60 Å². The van der Waals surface area contributed by atoms with E-state index >= 15 is 0 Å². The van der Waals surface area contributed by atoms with Gasteiger partial charge < -0.3 is 20.1 Å². The zero-order chi connectivity index (χ0) is 17.5. The number of amides is 1. The highest BCUT2D eigenvalue weighted by molar-refractivity contribution is 9.10. The van der Waals surface area contributed by atoms with Gasteiger partial charge in [0, 0.05) is 29.2 Å². The van der Waals surface area contributed by atoms with Crippen molar-refractivity contribution in [3.8, 4) is 5.75 Å². The summed E-state index contributed by atoms with van der Waals surface area (Å²) in [7, 11) is 1.66. The van der Waals surface area contributed by atoms with Crippen molar-refractivity contribution in [2.75, 3.05) is 13.7 Å². The van der Waals surface area contributed by atoms with Crippen LogP contribution in [0.15, 0.2) is 22.7 Å². The highest BCUT2D eigenvalue weighted by atomic mass is 79.9. The molecule has 0 saturated heterocycles. The number of hydrogen-bond acceptors (Lipinski definition) is 4. The summed E-state index contributed by atoms with van der Waals surface area (Å²) >= 11 is 3.46. The quantitative estimate of drug-likeness (QED) is 0.746. The highest BCUT2D eigenvalue weighted by Crippen LogP contribution is 2.22. The number of carbonyl (C=O) groups is 1. The first-order valence-corrected chi connectivity index (χ1v) is 8.57. The van der Waals surface area contributed by atoms with Gasteiger partial charge in [-0.2, -0.15) is 0 Å². The molecule has 130 valence electrons. The zero-order valence-electron chi connectivity index (χ0n) is 14.5.